The molecule has 5 heteroatoms. The average molecular weight is 343 g/mol. The van der Waals surface area contributed by atoms with E-state index in [1.54, 1.807) is 0 Å². The zero-order valence-corrected chi connectivity index (χ0v) is 15.1. The van der Waals surface area contributed by atoms with Crippen LogP contribution in [0.15, 0.2) is 0 Å². The molecule has 1 aromatic rings. The third-order valence-corrected chi connectivity index (χ3v) is 7.59. The highest BCUT2D eigenvalue weighted by Gasteiger charge is 2.50. The Balaban J connectivity index is 1.35. The van der Waals surface area contributed by atoms with Crippen molar-refractivity contribution in [3.8, 4) is 0 Å². The molecule has 4 aliphatic carbocycles. The van der Waals surface area contributed by atoms with Crippen LogP contribution in [0.25, 0.3) is 0 Å². The first kappa shape index (κ1) is 15.9. The monoisotopic (exact) mass is 343 g/mol. The molecule has 0 saturated heterocycles. The molecule has 1 atom stereocenters. The summed E-state index contributed by atoms with van der Waals surface area (Å²) in [5.74, 6) is 3.28. The van der Waals surface area contributed by atoms with E-state index in [1.165, 1.54) is 44.9 Å². The van der Waals surface area contributed by atoms with Crippen molar-refractivity contribution in [2.45, 2.75) is 77.4 Å². The minimum atomic E-state index is -0.753. The van der Waals surface area contributed by atoms with Crippen molar-refractivity contribution in [1.82, 2.24) is 14.9 Å². The van der Waals surface area contributed by atoms with Gasteiger partial charge in [-0.3, -0.25) is 10.1 Å². The normalized spacial score (nSPS) is 38.8. The van der Waals surface area contributed by atoms with E-state index in [-0.39, 0.29) is 0 Å². The van der Waals surface area contributed by atoms with Crippen LogP contribution in [-0.2, 0) is 24.3 Å². The summed E-state index contributed by atoms with van der Waals surface area (Å²) in [4.78, 5) is 16.1. The second-order valence-electron chi connectivity index (χ2n) is 9.35. The van der Waals surface area contributed by atoms with Gasteiger partial charge in [0.15, 0.2) is 0 Å². The number of hydrogen-bond acceptors (Lipinski definition) is 3. The average Bonchev–Trinajstić information content (AvgIpc) is 2.86. The van der Waals surface area contributed by atoms with Gasteiger partial charge < -0.3 is 9.67 Å². The lowest BCUT2D eigenvalue weighted by atomic mass is 9.49. The van der Waals surface area contributed by atoms with Crippen molar-refractivity contribution < 1.29 is 9.90 Å². The van der Waals surface area contributed by atoms with Gasteiger partial charge in [0.25, 0.3) is 0 Å². The Kier molecular flexibility index (Phi) is 3.53. The van der Waals surface area contributed by atoms with Crippen LogP contribution >= 0.6 is 0 Å². The van der Waals surface area contributed by atoms with E-state index in [1.807, 2.05) is 0 Å². The summed E-state index contributed by atoms with van der Waals surface area (Å²) < 4.78 is 2.34. The fourth-order valence-electron chi connectivity index (χ4n) is 6.94. The van der Waals surface area contributed by atoms with Gasteiger partial charge in [0.2, 0.25) is 0 Å². The van der Waals surface area contributed by atoms with E-state index in [2.05, 4.69) is 16.8 Å². The number of nitrogens with zero attached hydrogens (tertiary/aromatic N) is 2. The molecule has 4 fully saturated rings. The number of carboxylic acid groups (broad SMARTS) is 1. The van der Waals surface area contributed by atoms with Gasteiger partial charge >= 0.3 is 5.97 Å². The van der Waals surface area contributed by atoms with Crippen LogP contribution in [0, 0.1) is 30.1 Å². The Labute approximate surface area is 149 Å². The third kappa shape index (κ3) is 2.62. The van der Waals surface area contributed by atoms with E-state index < -0.39 is 12.0 Å². The van der Waals surface area contributed by atoms with Crippen molar-refractivity contribution in [3.63, 3.8) is 0 Å². The lowest BCUT2D eigenvalue weighted by molar-refractivity contribution is -0.139. The van der Waals surface area contributed by atoms with E-state index in [9.17, 15) is 9.90 Å². The number of carbonyl (C=O) groups is 1. The Hall–Kier alpha value is -1.36. The van der Waals surface area contributed by atoms with Crippen LogP contribution in [-0.4, -0.2) is 26.7 Å². The summed E-state index contributed by atoms with van der Waals surface area (Å²) in [5, 5.41) is 12.4. The quantitative estimate of drug-likeness (QED) is 0.882. The summed E-state index contributed by atoms with van der Waals surface area (Å²) in [6, 6.07) is -0.470. The van der Waals surface area contributed by atoms with E-state index in [4.69, 9.17) is 4.98 Å². The summed E-state index contributed by atoms with van der Waals surface area (Å²) in [6.07, 6.45) is 10.6. The van der Waals surface area contributed by atoms with Gasteiger partial charge in [-0.15, -0.1) is 0 Å². The highest BCUT2D eigenvalue weighted by Crippen LogP contribution is 2.61. The lowest BCUT2D eigenvalue weighted by Gasteiger charge is -2.57. The Morgan fingerprint density at radius 1 is 1.24 bits per heavy atom. The Morgan fingerprint density at radius 2 is 1.88 bits per heavy atom. The molecule has 0 aromatic carbocycles. The molecule has 0 radical (unpaired) electrons. The molecule has 1 aromatic heterocycles. The fourth-order valence-corrected chi connectivity index (χ4v) is 6.94. The van der Waals surface area contributed by atoms with Gasteiger partial charge in [0.05, 0.1) is 5.69 Å². The molecule has 2 heterocycles. The first-order valence-corrected chi connectivity index (χ1v) is 10.0. The van der Waals surface area contributed by atoms with Crippen molar-refractivity contribution in [2.75, 3.05) is 0 Å². The maximum atomic E-state index is 11.4. The maximum Gasteiger partial charge on any atom is 0.321 e. The molecule has 2 N–H and O–H groups in total. The summed E-state index contributed by atoms with van der Waals surface area (Å²) in [6.45, 7) is 3.68. The number of aromatic nitrogens is 2. The van der Waals surface area contributed by atoms with Crippen molar-refractivity contribution >= 4 is 5.97 Å². The van der Waals surface area contributed by atoms with Gasteiger partial charge in [-0.25, -0.2) is 4.98 Å². The Morgan fingerprint density at radius 3 is 2.48 bits per heavy atom. The highest BCUT2D eigenvalue weighted by atomic mass is 16.4. The van der Waals surface area contributed by atoms with Gasteiger partial charge in [-0.2, -0.15) is 0 Å². The molecule has 6 rings (SSSR count). The zero-order chi connectivity index (χ0) is 17.2. The van der Waals surface area contributed by atoms with Crippen molar-refractivity contribution in [3.05, 3.63) is 17.2 Å². The SMILES string of the molecule is Cc1nc2c(n1CCC13CC4CC(CC(C4)C1)C3)CC(C(=O)O)NC2. The zero-order valence-electron chi connectivity index (χ0n) is 15.1. The maximum absolute atomic E-state index is 11.4. The molecule has 4 saturated carbocycles. The Bertz CT molecular complexity index is 673. The first-order valence-electron chi connectivity index (χ1n) is 10.0. The number of carboxylic acids is 1. The van der Waals surface area contributed by atoms with Gasteiger partial charge in [0.1, 0.15) is 11.9 Å². The number of hydrogen-bond donors (Lipinski definition) is 2. The highest BCUT2D eigenvalue weighted by molar-refractivity contribution is 5.74. The first-order chi connectivity index (χ1) is 12.0. The second kappa shape index (κ2) is 5.57. The minimum absolute atomic E-state index is 0.470. The topological polar surface area (TPSA) is 67.2 Å². The molecular formula is C20H29N3O2. The van der Waals surface area contributed by atoms with E-state index in [0.29, 0.717) is 18.4 Å². The number of rotatable bonds is 4. The molecule has 1 aliphatic heterocycles. The standard InChI is InChI=1S/C20H29N3O2/c1-12-22-17-11-21-16(19(24)25)7-18(17)23(12)3-2-20-8-13-4-14(9-20)6-15(5-13)10-20/h13-16,21H,2-11H2,1H3,(H,24,25). The minimum Gasteiger partial charge on any atom is -0.480 e. The molecule has 1 unspecified atom stereocenters. The molecule has 136 valence electrons. The molecule has 5 aliphatic rings. The molecule has 0 spiro atoms. The number of aryl methyl sites for hydroxylation is 1. The molecular weight excluding hydrogens is 314 g/mol. The molecule has 25 heavy (non-hydrogen) atoms. The largest absolute Gasteiger partial charge is 0.480 e. The fraction of sp³-hybridized carbons (Fsp3) is 0.800. The van der Waals surface area contributed by atoms with Gasteiger partial charge in [0, 0.05) is 25.2 Å². The van der Waals surface area contributed by atoms with E-state index in [0.717, 1.165) is 41.5 Å². The van der Waals surface area contributed by atoms with Gasteiger partial charge in [-0.1, -0.05) is 0 Å². The number of nitrogens with one attached hydrogen (secondary N) is 1. The van der Waals surface area contributed by atoms with Crippen molar-refractivity contribution in [1.29, 1.82) is 0 Å². The van der Waals surface area contributed by atoms with Crippen LogP contribution in [0.1, 0.15) is 62.2 Å². The molecule has 0 amide bonds. The van der Waals surface area contributed by atoms with Gasteiger partial charge in [-0.05, 0) is 75.0 Å². The summed E-state index contributed by atoms with van der Waals surface area (Å²) >= 11 is 0. The van der Waals surface area contributed by atoms with Crippen LogP contribution in [0.4, 0.5) is 0 Å². The van der Waals surface area contributed by atoms with Crippen LogP contribution < -0.4 is 5.32 Å². The van der Waals surface area contributed by atoms with E-state index >= 15 is 0 Å². The number of fused-ring (bicyclic) bond motifs is 1. The van der Waals surface area contributed by atoms with Crippen LogP contribution in [0.3, 0.4) is 0 Å². The third-order valence-electron chi connectivity index (χ3n) is 7.59. The predicted molar refractivity (Wildman–Crippen MR) is 94.2 cm³/mol. The van der Waals surface area contributed by atoms with Crippen LogP contribution in [0.2, 0.25) is 0 Å². The smallest absolute Gasteiger partial charge is 0.321 e. The number of imidazole rings is 1. The lowest BCUT2D eigenvalue weighted by Crippen LogP contribution is -2.46. The summed E-state index contributed by atoms with van der Waals surface area (Å²) in [7, 11) is 0. The predicted octanol–water partition coefficient (Wildman–Crippen LogP) is 2.90. The number of aliphatic carboxylic acids is 1. The van der Waals surface area contributed by atoms with Crippen molar-refractivity contribution in [2.24, 2.45) is 23.2 Å². The second-order valence-corrected chi connectivity index (χ2v) is 9.35. The summed E-state index contributed by atoms with van der Waals surface area (Å²) in [5.41, 5.74) is 2.78. The van der Waals surface area contributed by atoms with Crippen LogP contribution in [0.5, 0.6) is 0 Å². The molecule has 5 nitrogen and oxygen atoms in total. The molecule has 4 bridgehead atoms.